The Morgan fingerprint density at radius 3 is 2.78 bits per heavy atom. The molecule has 1 heterocycles. The summed E-state index contributed by atoms with van der Waals surface area (Å²) in [7, 11) is 1.91. The third kappa shape index (κ3) is 3.70. The zero-order valence-electron chi connectivity index (χ0n) is 10.9. The minimum absolute atomic E-state index is 0.0231. The van der Waals surface area contributed by atoms with Crippen LogP contribution in [0.5, 0.6) is 0 Å². The summed E-state index contributed by atoms with van der Waals surface area (Å²) in [6, 6.07) is 0.429. The lowest BCUT2D eigenvalue weighted by atomic mass is 10.1. The number of rotatable bonds is 3. The molecule has 1 fully saturated rings. The van der Waals surface area contributed by atoms with Gasteiger partial charge < -0.3 is 10.2 Å². The molecule has 0 aromatic carbocycles. The van der Waals surface area contributed by atoms with Crippen molar-refractivity contribution in [3.05, 3.63) is 16.6 Å². The van der Waals surface area contributed by atoms with Gasteiger partial charge in [0.05, 0.1) is 17.7 Å². The molecule has 0 unspecified atom stereocenters. The van der Waals surface area contributed by atoms with Gasteiger partial charge in [-0.05, 0) is 12.8 Å². The average molecular weight is 267 g/mol. The number of amides is 2. The zero-order chi connectivity index (χ0) is 12.8. The van der Waals surface area contributed by atoms with Crippen molar-refractivity contribution in [3.63, 3.8) is 0 Å². The molecule has 0 atom stereocenters. The van der Waals surface area contributed by atoms with Crippen molar-refractivity contribution < 1.29 is 4.79 Å². The Kier molecular flexibility index (Phi) is 4.99. The molecule has 1 aromatic rings. The smallest absolute Gasteiger partial charge is 0.317 e. The van der Waals surface area contributed by atoms with E-state index in [9.17, 15) is 4.79 Å². The van der Waals surface area contributed by atoms with E-state index >= 15 is 0 Å². The highest BCUT2D eigenvalue weighted by Gasteiger charge is 2.20. The molecule has 18 heavy (non-hydrogen) atoms. The quantitative estimate of drug-likeness (QED) is 0.856. The SMILES string of the molecule is CN(C(=O)NCc1cscn1)C1CCCCCC1. The highest BCUT2D eigenvalue weighted by molar-refractivity contribution is 7.07. The Morgan fingerprint density at radius 1 is 1.44 bits per heavy atom. The summed E-state index contributed by atoms with van der Waals surface area (Å²) < 4.78 is 0. The third-order valence-electron chi connectivity index (χ3n) is 3.60. The van der Waals surface area contributed by atoms with E-state index in [-0.39, 0.29) is 6.03 Å². The molecule has 2 rings (SSSR count). The standard InChI is InChI=1S/C13H21N3OS/c1-16(12-6-4-2-3-5-7-12)13(17)14-8-11-9-18-10-15-11/h9-10,12H,2-8H2,1H3,(H,14,17). The number of thiazole rings is 1. The van der Waals surface area contributed by atoms with E-state index in [0.29, 0.717) is 12.6 Å². The summed E-state index contributed by atoms with van der Waals surface area (Å²) in [4.78, 5) is 18.1. The van der Waals surface area contributed by atoms with E-state index in [0.717, 1.165) is 18.5 Å². The summed E-state index contributed by atoms with van der Waals surface area (Å²) >= 11 is 1.55. The molecule has 0 spiro atoms. The lowest BCUT2D eigenvalue weighted by Gasteiger charge is -2.27. The molecule has 2 amide bonds. The van der Waals surface area contributed by atoms with Crippen LogP contribution in [-0.4, -0.2) is 29.0 Å². The van der Waals surface area contributed by atoms with E-state index in [1.807, 2.05) is 17.3 Å². The van der Waals surface area contributed by atoms with Crippen LogP contribution in [0.4, 0.5) is 4.79 Å². The van der Waals surface area contributed by atoms with Gasteiger partial charge in [-0.25, -0.2) is 9.78 Å². The van der Waals surface area contributed by atoms with Crippen molar-refractivity contribution in [3.8, 4) is 0 Å². The fraction of sp³-hybridized carbons (Fsp3) is 0.692. The predicted octanol–water partition coefficient (Wildman–Crippen LogP) is 3.01. The first-order valence-corrected chi connectivity index (χ1v) is 7.59. The number of carbonyl (C=O) groups is 1. The number of nitrogens with one attached hydrogen (secondary N) is 1. The maximum absolute atomic E-state index is 12.0. The van der Waals surface area contributed by atoms with Gasteiger partial charge in [0.25, 0.3) is 0 Å². The fourth-order valence-corrected chi connectivity index (χ4v) is 2.99. The molecule has 1 saturated carbocycles. The zero-order valence-corrected chi connectivity index (χ0v) is 11.7. The highest BCUT2D eigenvalue weighted by atomic mass is 32.1. The summed E-state index contributed by atoms with van der Waals surface area (Å²) in [5, 5.41) is 4.90. The Balaban J connectivity index is 1.79. The minimum atomic E-state index is 0.0231. The molecular formula is C13H21N3OS. The molecule has 100 valence electrons. The van der Waals surface area contributed by atoms with Crippen molar-refractivity contribution in [1.82, 2.24) is 15.2 Å². The third-order valence-corrected chi connectivity index (χ3v) is 4.23. The van der Waals surface area contributed by atoms with Gasteiger partial charge in [0.1, 0.15) is 0 Å². The van der Waals surface area contributed by atoms with Crippen LogP contribution >= 0.6 is 11.3 Å². The largest absolute Gasteiger partial charge is 0.332 e. The van der Waals surface area contributed by atoms with Crippen LogP contribution in [0.3, 0.4) is 0 Å². The van der Waals surface area contributed by atoms with Crippen LogP contribution in [-0.2, 0) is 6.54 Å². The van der Waals surface area contributed by atoms with Crippen LogP contribution in [0.1, 0.15) is 44.2 Å². The number of carbonyl (C=O) groups excluding carboxylic acids is 1. The highest BCUT2D eigenvalue weighted by Crippen LogP contribution is 2.21. The summed E-state index contributed by atoms with van der Waals surface area (Å²) in [6.45, 7) is 0.527. The minimum Gasteiger partial charge on any atom is -0.332 e. The van der Waals surface area contributed by atoms with Gasteiger partial charge in [0, 0.05) is 18.5 Å². The summed E-state index contributed by atoms with van der Waals surface area (Å²) in [5.74, 6) is 0. The van der Waals surface area contributed by atoms with Crippen molar-refractivity contribution in [2.75, 3.05) is 7.05 Å². The Labute approximate surface area is 112 Å². The first-order valence-electron chi connectivity index (χ1n) is 6.65. The number of aromatic nitrogens is 1. The molecule has 0 radical (unpaired) electrons. The van der Waals surface area contributed by atoms with Gasteiger partial charge in [-0.3, -0.25) is 0 Å². The van der Waals surface area contributed by atoms with Gasteiger partial charge in [-0.2, -0.15) is 0 Å². The molecule has 1 N–H and O–H groups in total. The van der Waals surface area contributed by atoms with Crippen molar-refractivity contribution in [2.24, 2.45) is 0 Å². The Hall–Kier alpha value is -1.10. The molecule has 0 aliphatic heterocycles. The van der Waals surface area contributed by atoms with Gasteiger partial charge in [-0.1, -0.05) is 25.7 Å². The summed E-state index contributed by atoms with van der Waals surface area (Å²) in [6.07, 6.45) is 7.39. The molecule has 0 saturated heterocycles. The first kappa shape index (κ1) is 13.3. The number of urea groups is 1. The molecular weight excluding hydrogens is 246 g/mol. The summed E-state index contributed by atoms with van der Waals surface area (Å²) in [5.41, 5.74) is 2.72. The molecule has 5 heteroatoms. The predicted molar refractivity (Wildman–Crippen MR) is 73.6 cm³/mol. The van der Waals surface area contributed by atoms with Gasteiger partial charge in [0.2, 0.25) is 0 Å². The van der Waals surface area contributed by atoms with E-state index in [4.69, 9.17) is 0 Å². The average Bonchev–Trinajstić information content (AvgIpc) is 2.75. The second kappa shape index (κ2) is 6.73. The van der Waals surface area contributed by atoms with E-state index in [2.05, 4.69) is 10.3 Å². The monoisotopic (exact) mass is 267 g/mol. The molecule has 0 bridgehead atoms. The van der Waals surface area contributed by atoms with Crippen molar-refractivity contribution in [2.45, 2.75) is 51.1 Å². The van der Waals surface area contributed by atoms with Crippen LogP contribution < -0.4 is 5.32 Å². The van der Waals surface area contributed by atoms with Crippen molar-refractivity contribution >= 4 is 17.4 Å². The topological polar surface area (TPSA) is 45.2 Å². The van der Waals surface area contributed by atoms with Crippen LogP contribution in [0.25, 0.3) is 0 Å². The number of nitrogens with zero attached hydrogens (tertiary/aromatic N) is 2. The van der Waals surface area contributed by atoms with E-state index < -0.39 is 0 Å². The van der Waals surface area contributed by atoms with Crippen LogP contribution in [0, 0.1) is 0 Å². The van der Waals surface area contributed by atoms with Crippen LogP contribution in [0.15, 0.2) is 10.9 Å². The molecule has 1 aromatic heterocycles. The maximum Gasteiger partial charge on any atom is 0.317 e. The molecule has 1 aliphatic rings. The van der Waals surface area contributed by atoms with E-state index in [1.165, 1.54) is 25.7 Å². The van der Waals surface area contributed by atoms with E-state index in [1.54, 1.807) is 16.8 Å². The molecule has 1 aliphatic carbocycles. The lowest BCUT2D eigenvalue weighted by molar-refractivity contribution is 0.183. The number of hydrogen-bond acceptors (Lipinski definition) is 3. The maximum atomic E-state index is 12.0. The van der Waals surface area contributed by atoms with Crippen LogP contribution in [0.2, 0.25) is 0 Å². The Morgan fingerprint density at radius 2 is 2.17 bits per heavy atom. The first-order chi connectivity index (χ1) is 8.77. The van der Waals surface area contributed by atoms with Gasteiger partial charge >= 0.3 is 6.03 Å². The van der Waals surface area contributed by atoms with Gasteiger partial charge in [-0.15, -0.1) is 11.3 Å². The normalized spacial score (nSPS) is 17.2. The fourth-order valence-electron chi connectivity index (χ4n) is 2.43. The van der Waals surface area contributed by atoms with Crippen molar-refractivity contribution in [1.29, 1.82) is 0 Å². The number of hydrogen-bond donors (Lipinski definition) is 1. The Bertz CT molecular complexity index is 358. The molecule has 4 nitrogen and oxygen atoms in total. The van der Waals surface area contributed by atoms with Gasteiger partial charge in [0.15, 0.2) is 0 Å². The lowest BCUT2D eigenvalue weighted by Crippen LogP contribution is -2.43. The second-order valence-corrected chi connectivity index (χ2v) is 5.61. The second-order valence-electron chi connectivity index (χ2n) is 4.89.